The number of anilines is 1. The Labute approximate surface area is 115 Å². The van der Waals surface area contributed by atoms with Gasteiger partial charge in [-0.25, -0.2) is 4.98 Å². The second kappa shape index (κ2) is 5.01. The summed E-state index contributed by atoms with van der Waals surface area (Å²) in [5.74, 6) is 0.816. The zero-order valence-corrected chi connectivity index (χ0v) is 11.4. The second-order valence-electron chi connectivity index (χ2n) is 4.53. The lowest BCUT2D eigenvalue weighted by atomic mass is 9.96. The van der Waals surface area contributed by atoms with E-state index in [1.54, 1.807) is 18.1 Å². The number of nitrogens with zero attached hydrogens (tertiary/aromatic N) is 2. The molecular weight excluding hydrogens is 260 g/mol. The summed E-state index contributed by atoms with van der Waals surface area (Å²) in [6.45, 7) is 0.436. The van der Waals surface area contributed by atoms with Gasteiger partial charge in [-0.05, 0) is 18.1 Å². The summed E-state index contributed by atoms with van der Waals surface area (Å²) < 4.78 is 5.66. The molecule has 0 radical (unpaired) electrons. The third kappa shape index (κ3) is 2.33. The standard InChI is InChI=1S/C14H14N2O2S/c1-16(14-15-6-7-19-14)13(17)11-8-10-4-2-3-5-12(10)18-9-11/h2-7,11H,8-9H2,1H3/t11-/m1/s1. The van der Waals surface area contributed by atoms with Crippen molar-refractivity contribution in [2.45, 2.75) is 6.42 Å². The fraction of sp³-hybridized carbons (Fsp3) is 0.286. The second-order valence-corrected chi connectivity index (χ2v) is 5.40. The van der Waals surface area contributed by atoms with Crippen LogP contribution >= 0.6 is 11.3 Å². The molecule has 2 aromatic rings. The molecule has 19 heavy (non-hydrogen) atoms. The Kier molecular flexibility index (Phi) is 3.21. The Hall–Kier alpha value is -1.88. The first-order valence-corrected chi connectivity index (χ1v) is 7.01. The fourth-order valence-electron chi connectivity index (χ4n) is 2.24. The summed E-state index contributed by atoms with van der Waals surface area (Å²) in [6, 6.07) is 7.88. The Balaban J connectivity index is 1.76. The average Bonchev–Trinajstić information content (AvgIpc) is 2.99. The Morgan fingerprint density at radius 1 is 1.47 bits per heavy atom. The van der Waals surface area contributed by atoms with Crippen LogP contribution in [0.2, 0.25) is 0 Å². The maximum Gasteiger partial charge on any atom is 0.235 e. The van der Waals surface area contributed by atoms with Crippen LogP contribution in [-0.2, 0) is 11.2 Å². The molecule has 0 saturated heterocycles. The number of thiazole rings is 1. The van der Waals surface area contributed by atoms with E-state index in [1.165, 1.54) is 11.3 Å². The highest BCUT2D eigenvalue weighted by Gasteiger charge is 2.29. The van der Waals surface area contributed by atoms with Gasteiger partial charge < -0.3 is 4.74 Å². The monoisotopic (exact) mass is 274 g/mol. The van der Waals surface area contributed by atoms with E-state index in [0.29, 0.717) is 6.61 Å². The van der Waals surface area contributed by atoms with Gasteiger partial charge in [0.2, 0.25) is 5.91 Å². The molecule has 2 heterocycles. The van der Waals surface area contributed by atoms with Crippen LogP contribution in [0.25, 0.3) is 0 Å². The number of hydrogen-bond donors (Lipinski definition) is 0. The van der Waals surface area contributed by atoms with Crippen molar-refractivity contribution in [3.63, 3.8) is 0 Å². The highest BCUT2D eigenvalue weighted by atomic mass is 32.1. The van der Waals surface area contributed by atoms with E-state index in [2.05, 4.69) is 4.98 Å². The molecule has 4 nitrogen and oxygen atoms in total. The summed E-state index contributed by atoms with van der Waals surface area (Å²) in [6.07, 6.45) is 2.43. The van der Waals surface area contributed by atoms with Gasteiger partial charge in [0.25, 0.3) is 0 Å². The quantitative estimate of drug-likeness (QED) is 0.844. The fourth-order valence-corrected chi connectivity index (χ4v) is 2.85. The molecule has 0 spiro atoms. The van der Waals surface area contributed by atoms with E-state index < -0.39 is 0 Å². The molecule has 3 rings (SSSR count). The molecule has 0 unspecified atom stereocenters. The van der Waals surface area contributed by atoms with Crippen LogP contribution in [-0.4, -0.2) is 24.5 Å². The number of rotatable bonds is 2. The van der Waals surface area contributed by atoms with Gasteiger partial charge in [0, 0.05) is 18.6 Å². The Morgan fingerprint density at radius 2 is 2.32 bits per heavy atom. The van der Waals surface area contributed by atoms with Crippen LogP contribution in [0.3, 0.4) is 0 Å². The number of carbonyl (C=O) groups is 1. The number of hydrogen-bond acceptors (Lipinski definition) is 4. The van der Waals surface area contributed by atoms with Crippen LogP contribution in [0.15, 0.2) is 35.8 Å². The van der Waals surface area contributed by atoms with Crippen LogP contribution in [0.4, 0.5) is 5.13 Å². The topological polar surface area (TPSA) is 42.4 Å². The number of amides is 1. The van der Waals surface area contributed by atoms with Crippen molar-refractivity contribution in [3.05, 3.63) is 41.4 Å². The number of carbonyl (C=O) groups excluding carboxylic acids is 1. The van der Waals surface area contributed by atoms with Gasteiger partial charge in [0.05, 0.1) is 5.92 Å². The zero-order chi connectivity index (χ0) is 13.2. The minimum atomic E-state index is -0.135. The van der Waals surface area contributed by atoms with Crippen molar-refractivity contribution in [1.82, 2.24) is 4.98 Å². The normalized spacial score (nSPS) is 17.4. The predicted molar refractivity (Wildman–Crippen MR) is 74.7 cm³/mol. The molecule has 1 aliphatic heterocycles. The summed E-state index contributed by atoms with van der Waals surface area (Å²) in [7, 11) is 1.77. The van der Waals surface area contributed by atoms with E-state index in [1.807, 2.05) is 29.6 Å². The minimum Gasteiger partial charge on any atom is -0.492 e. The van der Waals surface area contributed by atoms with Gasteiger partial charge in [-0.3, -0.25) is 9.69 Å². The first kappa shape index (κ1) is 12.2. The van der Waals surface area contributed by atoms with Gasteiger partial charge in [0.15, 0.2) is 5.13 Å². The minimum absolute atomic E-state index is 0.0597. The van der Waals surface area contributed by atoms with Crippen molar-refractivity contribution in [2.24, 2.45) is 5.92 Å². The zero-order valence-electron chi connectivity index (χ0n) is 10.6. The van der Waals surface area contributed by atoms with E-state index in [4.69, 9.17) is 4.74 Å². The van der Waals surface area contributed by atoms with E-state index in [0.717, 1.165) is 22.9 Å². The Morgan fingerprint density at radius 3 is 3.11 bits per heavy atom. The van der Waals surface area contributed by atoms with E-state index >= 15 is 0 Å². The summed E-state index contributed by atoms with van der Waals surface area (Å²) >= 11 is 1.46. The average molecular weight is 274 g/mol. The van der Waals surface area contributed by atoms with E-state index in [-0.39, 0.29) is 11.8 Å². The molecule has 0 N–H and O–H groups in total. The molecule has 0 saturated carbocycles. The van der Waals surface area contributed by atoms with Crippen molar-refractivity contribution in [1.29, 1.82) is 0 Å². The van der Waals surface area contributed by atoms with Gasteiger partial charge in [-0.2, -0.15) is 0 Å². The lowest BCUT2D eigenvalue weighted by Crippen LogP contribution is -2.38. The van der Waals surface area contributed by atoms with E-state index in [9.17, 15) is 4.79 Å². The molecule has 1 amide bonds. The number of ether oxygens (including phenoxy) is 1. The molecule has 1 aromatic carbocycles. The lowest BCUT2D eigenvalue weighted by molar-refractivity contribution is -0.123. The van der Waals surface area contributed by atoms with Crippen molar-refractivity contribution in [3.8, 4) is 5.75 Å². The molecule has 5 heteroatoms. The van der Waals surface area contributed by atoms with Gasteiger partial charge >= 0.3 is 0 Å². The number of para-hydroxylation sites is 1. The van der Waals surface area contributed by atoms with Crippen LogP contribution in [0.5, 0.6) is 5.75 Å². The predicted octanol–water partition coefficient (Wildman–Crippen LogP) is 2.36. The van der Waals surface area contributed by atoms with Crippen LogP contribution in [0.1, 0.15) is 5.56 Å². The third-order valence-corrected chi connectivity index (χ3v) is 4.11. The summed E-state index contributed by atoms with van der Waals surface area (Å²) in [5, 5.41) is 2.59. The molecule has 1 aliphatic rings. The van der Waals surface area contributed by atoms with Crippen molar-refractivity contribution in [2.75, 3.05) is 18.6 Å². The maximum atomic E-state index is 12.4. The maximum absolute atomic E-state index is 12.4. The third-order valence-electron chi connectivity index (χ3n) is 3.26. The number of aromatic nitrogens is 1. The smallest absolute Gasteiger partial charge is 0.235 e. The number of fused-ring (bicyclic) bond motifs is 1. The first-order valence-electron chi connectivity index (χ1n) is 6.13. The molecule has 98 valence electrons. The van der Waals surface area contributed by atoms with Crippen LogP contribution < -0.4 is 9.64 Å². The van der Waals surface area contributed by atoms with Crippen molar-refractivity contribution < 1.29 is 9.53 Å². The number of benzene rings is 1. The van der Waals surface area contributed by atoms with Gasteiger partial charge in [-0.1, -0.05) is 18.2 Å². The first-order chi connectivity index (χ1) is 9.25. The molecule has 0 aliphatic carbocycles. The lowest BCUT2D eigenvalue weighted by Gasteiger charge is -2.27. The molecule has 1 aromatic heterocycles. The largest absolute Gasteiger partial charge is 0.492 e. The van der Waals surface area contributed by atoms with Crippen LogP contribution in [0, 0.1) is 5.92 Å². The van der Waals surface area contributed by atoms with Gasteiger partial charge in [-0.15, -0.1) is 11.3 Å². The molecule has 0 bridgehead atoms. The van der Waals surface area contributed by atoms with Gasteiger partial charge in [0.1, 0.15) is 12.4 Å². The Bertz CT molecular complexity index is 583. The van der Waals surface area contributed by atoms with Crippen molar-refractivity contribution >= 4 is 22.4 Å². The highest BCUT2D eigenvalue weighted by molar-refractivity contribution is 7.13. The molecule has 0 fully saturated rings. The molecular formula is C14H14N2O2S. The summed E-state index contributed by atoms with van der Waals surface area (Å²) in [4.78, 5) is 18.2. The molecule has 1 atom stereocenters. The summed E-state index contributed by atoms with van der Waals surface area (Å²) in [5.41, 5.74) is 1.10. The SMILES string of the molecule is CN(C(=O)[C@H]1COc2ccccc2C1)c1nccs1. The highest BCUT2D eigenvalue weighted by Crippen LogP contribution is 2.28.